The Morgan fingerprint density at radius 3 is 2.37 bits per heavy atom. The van der Waals surface area contributed by atoms with Crippen LogP contribution in [-0.4, -0.2) is 73.1 Å². The maximum Gasteiger partial charge on any atom is 0.225 e. The van der Waals surface area contributed by atoms with E-state index >= 15 is 0 Å². The maximum atomic E-state index is 11.9. The highest BCUT2D eigenvalue weighted by Crippen LogP contribution is 2.12. The first-order valence-corrected chi connectivity index (χ1v) is 9.18. The Morgan fingerprint density at radius 1 is 1.22 bits per heavy atom. The first-order chi connectivity index (χ1) is 12.3. The van der Waals surface area contributed by atoms with E-state index in [4.69, 9.17) is 4.52 Å². The third-order valence-corrected chi connectivity index (χ3v) is 4.32. The number of nitrogens with one attached hydrogen (secondary N) is 2. The number of aryl methyl sites for hydroxylation is 1. The van der Waals surface area contributed by atoms with Gasteiger partial charge in [0.1, 0.15) is 5.76 Å². The molecule has 0 aliphatic carbocycles. The molecular weight excluding hydrogens is 459 g/mol. The van der Waals surface area contributed by atoms with Crippen LogP contribution in [0, 0.1) is 12.3 Å². The molecule has 2 heterocycles. The molecule has 1 amide bonds. The first-order valence-electron chi connectivity index (χ1n) is 9.18. The molecule has 1 fully saturated rings. The van der Waals surface area contributed by atoms with Crippen LogP contribution in [0.3, 0.4) is 0 Å². The minimum Gasteiger partial charge on any atom is -0.361 e. The van der Waals surface area contributed by atoms with Gasteiger partial charge in [-0.2, -0.15) is 0 Å². The van der Waals surface area contributed by atoms with Crippen molar-refractivity contribution in [1.29, 1.82) is 0 Å². The van der Waals surface area contributed by atoms with Crippen LogP contribution in [0.5, 0.6) is 0 Å². The molecule has 0 radical (unpaired) electrons. The monoisotopic (exact) mass is 492 g/mol. The lowest BCUT2D eigenvalue weighted by molar-refractivity contribution is -0.128. The molecule has 2 N–H and O–H groups in total. The lowest BCUT2D eigenvalue weighted by atomic mass is 9.96. The van der Waals surface area contributed by atoms with E-state index in [9.17, 15) is 4.79 Å². The second-order valence-electron chi connectivity index (χ2n) is 7.67. The number of piperazine rings is 1. The Balaban J connectivity index is 0.00000364. The van der Waals surface area contributed by atoms with Crippen molar-refractivity contribution in [3.8, 4) is 0 Å². The summed E-state index contributed by atoms with van der Waals surface area (Å²) in [7, 11) is 1.79. The van der Waals surface area contributed by atoms with E-state index in [1.54, 1.807) is 7.05 Å². The van der Waals surface area contributed by atoms with Gasteiger partial charge in [0, 0.05) is 64.3 Å². The minimum atomic E-state index is -0.361. The molecular formula is C18H33IN6O2. The number of aromatic nitrogens is 1. The van der Waals surface area contributed by atoms with Gasteiger partial charge in [0.05, 0.1) is 5.69 Å². The Morgan fingerprint density at radius 2 is 1.85 bits per heavy atom. The molecule has 0 saturated carbocycles. The average molecular weight is 492 g/mol. The van der Waals surface area contributed by atoms with Gasteiger partial charge >= 0.3 is 0 Å². The van der Waals surface area contributed by atoms with Gasteiger partial charge in [0.15, 0.2) is 5.96 Å². The van der Waals surface area contributed by atoms with Crippen LogP contribution in [0.15, 0.2) is 15.6 Å². The Hall–Kier alpha value is -1.36. The van der Waals surface area contributed by atoms with Gasteiger partial charge in [-0.15, -0.1) is 24.0 Å². The summed E-state index contributed by atoms with van der Waals surface area (Å²) in [6.45, 7) is 13.4. The molecule has 1 aliphatic heterocycles. The Bertz CT molecular complexity index is 618. The minimum absolute atomic E-state index is 0. The smallest absolute Gasteiger partial charge is 0.225 e. The molecule has 1 saturated heterocycles. The van der Waals surface area contributed by atoms with Gasteiger partial charge in [-0.1, -0.05) is 25.9 Å². The predicted molar refractivity (Wildman–Crippen MR) is 117 cm³/mol. The fourth-order valence-electron chi connectivity index (χ4n) is 2.79. The summed E-state index contributed by atoms with van der Waals surface area (Å²) in [5.74, 6) is 1.79. The van der Waals surface area contributed by atoms with Crippen molar-refractivity contribution in [2.45, 2.75) is 34.2 Å². The molecule has 9 heteroatoms. The molecule has 27 heavy (non-hydrogen) atoms. The molecule has 0 bridgehead atoms. The third kappa shape index (κ3) is 7.65. The molecule has 0 aromatic carbocycles. The predicted octanol–water partition coefficient (Wildman–Crippen LogP) is 1.46. The molecule has 1 aromatic heterocycles. The van der Waals surface area contributed by atoms with Crippen molar-refractivity contribution in [1.82, 2.24) is 25.6 Å². The van der Waals surface area contributed by atoms with Gasteiger partial charge < -0.3 is 20.1 Å². The maximum absolute atomic E-state index is 11.9. The molecule has 0 atom stereocenters. The molecule has 0 spiro atoms. The number of rotatable bonds is 5. The average Bonchev–Trinajstić information content (AvgIpc) is 3.00. The SMILES string of the molecule is CN=C(NCCNC(=O)C(C)(C)C)N1CCN(Cc2cc(C)on2)CC1.I. The van der Waals surface area contributed by atoms with Crippen molar-refractivity contribution in [3.05, 3.63) is 17.5 Å². The topological polar surface area (TPSA) is 86.0 Å². The summed E-state index contributed by atoms with van der Waals surface area (Å²) in [5.41, 5.74) is 0.619. The lowest BCUT2D eigenvalue weighted by Gasteiger charge is -2.36. The summed E-state index contributed by atoms with van der Waals surface area (Å²) in [6.07, 6.45) is 0. The summed E-state index contributed by atoms with van der Waals surface area (Å²) in [5, 5.41) is 10.3. The number of guanidine groups is 1. The summed E-state index contributed by atoms with van der Waals surface area (Å²) in [6, 6.07) is 1.98. The fourth-order valence-corrected chi connectivity index (χ4v) is 2.79. The third-order valence-electron chi connectivity index (χ3n) is 4.32. The van der Waals surface area contributed by atoms with E-state index in [-0.39, 0.29) is 35.3 Å². The van der Waals surface area contributed by atoms with Gasteiger partial charge in [-0.25, -0.2) is 0 Å². The van der Waals surface area contributed by atoms with Gasteiger partial charge in [-0.05, 0) is 6.92 Å². The normalized spacial score (nSPS) is 16.0. The highest BCUT2D eigenvalue weighted by Gasteiger charge is 2.22. The standard InChI is InChI=1S/C18H32N6O2.HI/c1-14-12-15(22-26-14)13-23-8-10-24(11-9-23)17(19-5)21-7-6-20-16(25)18(2,3)4;/h12H,6-11,13H2,1-5H3,(H,19,21)(H,20,25);1H. The zero-order chi connectivity index (χ0) is 19.2. The molecule has 2 rings (SSSR count). The van der Waals surface area contributed by atoms with Crippen molar-refractivity contribution >= 4 is 35.8 Å². The van der Waals surface area contributed by atoms with Crippen molar-refractivity contribution in [2.24, 2.45) is 10.4 Å². The first kappa shape index (κ1) is 23.7. The van der Waals surface area contributed by atoms with Crippen LogP contribution in [0.4, 0.5) is 0 Å². The van der Waals surface area contributed by atoms with Crippen LogP contribution in [-0.2, 0) is 11.3 Å². The van der Waals surface area contributed by atoms with Gasteiger partial charge in [0.2, 0.25) is 5.91 Å². The second kappa shape index (κ2) is 10.8. The van der Waals surface area contributed by atoms with Crippen LogP contribution in [0.1, 0.15) is 32.2 Å². The number of carbonyl (C=O) groups excluding carboxylic acids is 1. The quantitative estimate of drug-likeness (QED) is 0.280. The summed E-state index contributed by atoms with van der Waals surface area (Å²) in [4.78, 5) is 20.8. The number of carbonyl (C=O) groups is 1. The van der Waals surface area contributed by atoms with E-state index in [1.165, 1.54) is 0 Å². The molecule has 0 unspecified atom stereocenters. The zero-order valence-electron chi connectivity index (χ0n) is 17.0. The van der Waals surface area contributed by atoms with E-state index in [0.717, 1.165) is 50.1 Å². The number of halogens is 1. The van der Waals surface area contributed by atoms with Crippen molar-refractivity contribution in [3.63, 3.8) is 0 Å². The molecule has 1 aromatic rings. The number of aliphatic imine (C=N–C) groups is 1. The number of hydrogen-bond donors (Lipinski definition) is 2. The second-order valence-corrected chi connectivity index (χ2v) is 7.67. The number of amides is 1. The van der Waals surface area contributed by atoms with Crippen LogP contribution in [0.2, 0.25) is 0 Å². The number of hydrogen-bond acceptors (Lipinski definition) is 5. The Kier molecular flexibility index (Phi) is 9.51. The largest absolute Gasteiger partial charge is 0.361 e. The van der Waals surface area contributed by atoms with Crippen LogP contribution >= 0.6 is 24.0 Å². The van der Waals surface area contributed by atoms with Crippen LogP contribution in [0.25, 0.3) is 0 Å². The fraction of sp³-hybridized carbons (Fsp3) is 0.722. The van der Waals surface area contributed by atoms with E-state index < -0.39 is 0 Å². The van der Waals surface area contributed by atoms with Crippen LogP contribution < -0.4 is 10.6 Å². The van der Waals surface area contributed by atoms with E-state index in [2.05, 4.69) is 30.6 Å². The highest BCUT2D eigenvalue weighted by molar-refractivity contribution is 14.0. The van der Waals surface area contributed by atoms with E-state index in [0.29, 0.717) is 13.1 Å². The molecule has 154 valence electrons. The van der Waals surface area contributed by atoms with E-state index in [1.807, 2.05) is 33.8 Å². The van der Waals surface area contributed by atoms with Gasteiger partial charge in [0.25, 0.3) is 0 Å². The molecule has 1 aliphatic rings. The van der Waals surface area contributed by atoms with Gasteiger partial charge in [-0.3, -0.25) is 14.7 Å². The lowest BCUT2D eigenvalue weighted by Crippen LogP contribution is -2.53. The highest BCUT2D eigenvalue weighted by atomic mass is 127. The van der Waals surface area contributed by atoms with Crippen molar-refractivity contribution in [2.75, 3.05) is 46.3 Å². The summed E-state index contributed by atoms with van der Waals surface area (Å²) >= 11 is 0. The molecule has 8 nitrogen and oxygen atoms in total. The Labute approximate surface area is 179 Å². The summed E-state index contributed by atoms with van der Waals surface area (Å²) < 4.78 is 5.13. The number of nitrogens with zero attached hydrogens (tertiary/aromatic N) is 4. The van der Waals surface area contributed by atoms with Crippen molar-refractivity contribution < 1.29 is 9.32 Å². The zero-order valence-corrected chi connectivity index (χ0v) is 19.4.